The molecule has 0 radical (unpaired) electrons. The Kier molecular flexibility index (Phi) is 1.30. The molecule has 0 unspecified atom stereocenters. The van der Waals surface area contributed by atoms with Crippen LogP contribution in [0.2, 0.25) is 0 Å². The molecule has 0 saturated heterocycles. The summed E-state index contributed by atoms with van der Waals surface area (Å²) in [7, 11) is 0. The first-order chi connectivity index (χ1) is 3.21. The number of alkyl halides is 2. The molecule has 7 heavy (non-hydrogen) atoms. The highest BCUT2D eigenvalue weighted by Crippen LogP contribution is 2.26. The van der Waals surface area contributed by atoms with Gasteiger partial charge in [0.1, 0.15) is 6.34 Å². The predicted octanol–water partition coefficient (Wildman–Crippen LogP) is 1.54. The molecule has 0 aromatic carbocycles. The van der Waals surface area contributed by atoms with Gasteiger partial charge in [0.25, 0.3) is 0 Å². The van der Waals surface area contributed by atoms with Crippen LogP contribution >= 0.6 is 31.9 Å². The van der Waals surface area contributed by atoms with Crippen LogP contribution in [0.15, 0.2) is 9.98 Å². The zero-order chi connectivity index (χ0) is 5.33. The van der Waals surface area contributed by atoms with Gasteiger partial charge in [-0.1, -0.05) is 0 Å². The maximum Gasteiger partial charge on any atom is 0.206 e. The SMILES string of the molecule is BrC1(Br)C=NC=N1. The second kappa shape index (κ2) is 1.67. The molecule has 0 spiro atoms. The highest BCUT2D eigenvalue weighted by Gasteiger charge is 2.18. The number of nitrogens with zero attached hydrogens (tertiary/aromatic N) is 2. The quantitative estimate of drug-likeness (QED) is 0.442. The number of rotatable bonds is 0. The summed E-state index contributed by atoms with van der Waals surface area (Å²) in [6.07, 6.45) is 3.15. The van der Waals surface area contributed by atoms with Gasteiger partial charge in [-0.15, -0.1) is 0 Å². The van der Waals surface area contributed by atoms with Crippen molar-refractivity contribution >= 4 is 44.4 Å². The van der Waals surface area contributed by atoms with Crippen molar-refractivity contribution in [1.82, 2.24) is 0 Å². The summed E-state index contributed by atoms with van der Waals surface area (Å²) < 4.78 is -0.403. The Balaban J connectivity index is 2.77. The molecule has 0 aliphatic carbocycles. The van der Waals surface area contributed by atoms with E-state index in [0.29, 0.717) is 0 Å². The van der Waals surface area contributed by atoms with Crippen LogP contribution in [-0.2, 0) is 0 Å². The van der Waals surface area contributed by atoms with E-state index < -0.39 is 3.36 Å². The molecule has 38 valence electrons. The van der Waals surface area contributed by atoms with Crippen LogP contribution < -0.4 is 0 Å². The maximum absolute atomic E-state index is 3.85. The fourth-order valence-corrected chi connectivity index (χ4v) is 0.686. The molecule has 0 N–H and O–H groups in total. The minimum Gasteiger partial charge on any atom is -0.245 e. The largest absolute Gasteiger partial charge is 0.245 e. The normalized spacial score (nSPS) is 23.7. The lowest BCUT2D eigenvalue weighted by Gasteiger charge is -1.99. The number of hydrogen-bond donors (Lipinski definition) is 0. The summed E-state index contributed by atoms with van der Waals surface area (Å²) >= 11 is 6.42. The van der Waals surface area contributed by atoms with Gasteiger partial charge >= 0.3 is 0 Å². The van der Waals surface area contributed by atoms with Crippen LogP contribution in [-0.4, -0.2) is 15.9 Å². The van der Waals surface area contributed by atoms with E-state index in [2.05, 4.69) is 41.8 Å². The molecule has 1 aliphatic heterocycles. The molecule has 0 fully saturated rings. The van der Waals surface area contributed by atoms with Crippen molar-refractivity contribution in [3.63, 3.8) is 0 Å². The van der Waals surface area contributed by atoms with Crippen LogP contribution in [0.1, 0.15) is 0 Å². The Labute approximate surface area is 58.0 Å². The van der Waals surface area contributed by atoms with E-state index in [4.69, 9.17) is 0 Å². The first kappa shape index (κ1) is 5.44. The van der Waals surface area contributed by atoms with E-state index in [9.17, 15) is 0 Å². The summed E-state index contributed by atoms with van der Waals surface area (Å²) in [5.41, 5.74) is 0. The van der Waals surface area contributed by atoms with Crippen molar-refractivity contribution in [2.45, 2.75) is 3.36 Å². The molecule has 0 amide bonds. The van der Waals surface area contributed by atoms with Gasteiger partial charge in [0, 0.05) is 0 Å². The predicted molar refractivity (Wildman–Crippen MR) is 37.6 cm³/mol. The van der Waals surface area contributed by atoms with Gasteiger partial charge in [-0.2, -0.15) is 0 Å². The van der Waals surface area contributed by atoms with Gasteiger partial charge in [-0.3, -0.25) is 0 Å². The average molecular weight is 226 g/mol. The van der Waals surface area contributed by atoms with Crippen LogP contribution in [0.3, 0.4) is 0 Å². The summed E-state index contributed by atoms with van der Waals surface area (Å²) in [4.78, 5) is 7.58. The molecule has 0 bridgehead atoms. The highest BCUT2D eigenvalue weighted by atomic mass is 79.9. The molecule has 4 heteroatoms. The summed E-state index contributed by atoms with van der Waals surface area (Å²) in [6.45, 7) is 0. The smallest absolute Gasteiger partial charge is 0.206 e. The molecular weight excluding hydrogens is 224 g/mol. The van der Waals surface area contributed by atoms with Crippen LogP contribution in [0.5, 0.6) is 0 Å². The first-order valence-corrected chi connectivity index (χ1v) is 3.25. The zero-order valence-corrected chi connectivity index (χ0v) is 6.48. The Bertz CT molecular complexity index is 113. The van der Waals surface area contributed by atoms with Gasteiger partial charge in [0.2, 0.25) is 3.36 Å². The molecule has 2 nitrogen and oxygen atoms in total. The fraction of sp³-hybridized carbons (Fsp3) is 0.333. The number of aliphatic imine (C=N–C) groups is 2. The van der Waals surface area contributed by atoms with E-state index >= 15 is 0 Å². The van der Waals surface area contributed by atoms with E-state index in [1.54, 1.807) is 6.21 Å². The van der Waals surface area contributed by atoms with Crippen LogP contribution in [0.4, 0.5) is 0 Å². The van der Waals surface area contributed by atoms with Gasteiger partial charge in [-0.25, -0.2) is 9.98 Å². The van der Waals surface area contributed by atoms with Gasteiger partial charge in [0.05, 0.1) is 6.21 Å². The Hall–Kier alpha value is 0.300. The third-order valence-electron chi connectivity index (χ3n) is 0.526. The summed E-state index contributed by atoms with van der Waals surface area (Å²) in [5.74, 6) is 0. The molecule has 0 aromatic heterocycles. The molecule has 1 aliphatic rings. The molecule has 0 aromatic rings. The lowest BCUT2D eigenvalue weighted by molar-refractivity contribution is 1.25. The first-order valence-electron chi connectivity index (χ1n) is 1.66. The van der Waals surface area contributed by atoms with Crippen molar-refractivity contribution in [3.8, 4) is 0 Å². The van der Waals surface area contributed by atoms with Gasteiger partial charge < -0.3 is 0 Å². The summed E-state index contributed by atoms with van der Waals surface area (Å²) in [6, 6.07) is 0. The fourth-order valence-electron chi connectivity index (χ4n) is 0.267. The van der Waals surface area contributed by atoms with Crippen molar-refractivity contribution in [2.75, 3.05) is 0 Å². The second-order valence-electron chi connectivity index (χ2n) is 1.11. The van der Waals surface area contributed by atoms with Gasteiger partial charge in [-0.05, 0) is 31.9 Å². The topological polar surface area (TPSA) is 24.7 Å². The maximum atomic E-state index is 3.85. The summed E-state index contributed by atoms with van der Waals surface area (Å²) in [5, 5.41) is 0. The van der Waals surface area contributed by atoms with E-state index in [1.165, 1.54) is 6.34 Å². The standard InChI is InChI=1S/C3H2Br2N2/c4-3(5)1-6-2-7-3/h1-2H. The van der Waals surface area contributed by atoms with Crippen molar-refractivity contribution in [3.05, 3.63) is 0 Å². The lowest BCUT2D eigenvalue weighted by atomic mass is 10.8. The van der Waals surface area contributed by atoms with Crippen molar-refractivity contribution < 1.29 is 0 Å². The Morgan fingerprint density at radius 2 is 2.14 bits per heavy atom. The zero-order valence-electron chi connectivity index (χ0n) is 3.31. The Morgan fingerprint density at radius 3 is 2.29 bits per heavy atom. The van der Waals surface area contributed by atoms with Crippen molar-refractivity contribution in [2.24, 2.45) is 9.98 Å². The van der Waals surface area contributed by atoms with Crippen LogP contribution in [0.25, 0.3) is 0 Å². The van der Waals surface area contributed by atoms with Gasteiger partial charge in [0.15, 0.2) is 0 Å². The van der Waals surface area contributed by atoms with E-state index in [1.807, 2.05) is 0 Å². The molecule has 1 heterocycles. The molecule has 0 saturated carbocycles. The van der Waals surface area contributed by atoms with E-state index in [-0.39, 0.29) is 0 Å². The number of halogens is 2. The third kappa shape index (κ3) is 1.35. The van der Waals surface area contributed by atoms with Crippen molar-refractivity contribution in [1.29, 1.82) is 0 Å². The number of hydrogen-bond acceptors (Lipinski definition) is 2. The Morgan fingerprint density at radius 1 is 1.43 bits per heavy atom. The third-order valence-corrected chi connectivity index (χ3v) is 1.35. The minimum absolute atomic E-state index is 0.403. The average Bonchev–Trinajstić information content (AvgIpc) is 1.84. The second-order valence-corrected chi connectivity index (χ2v) is 4.59. The molecule has 1 rings (SSSR count). The van der Waals surface area contributed by atoms with E-state index in [0.717, 1.165) is 0 Å². The lowest BCUT2D eigenvalue weighted by Crippen LogP contribution is -2.02. The monoisotopic (exact) mass is 224 g/mol. The van der Waals surface area contributed by atoms with Crippen LogP contribution in [0, 0.1) is 0 Å². The molecular formula is C3H2Br2N2. The molecule has 0 atom stereocenters. The highest BCUT2D eigenvalue weighted by molar-refractivity contribution is 9.25. The minimum atomic E-state index is -0.403.